The molecule has 4 atom stereocenters. The van der Waals surface area contributed by atoms with E-state index in [1.54, 1.807) is 11.7 Å². The molecule has 1 aliphatic rings. The summed E-state index contributed by atoms with van der Waals surface area (Å²) in [5.41, 5.74) is 7.39. The molecule has 0 unspecified atom stereocenters. The molecule has 2 aromatic heterocycles. The number of anilines is 1. The Kier molecular flexibility index (Phi) is 2.66. The van der Waals surface area contributed by atoms with Gasteiger partial charge in [0.15, 0.2) is 11.3 Å². The highest BCUT2D eigenvalue weighted by atomic mass is 16.4. The summed E-state index contributed by atoms with van der Waals surface area (Å²) >= 11 is 0. The summed E-state index contributed by atoms with van der Waals surface area (Å²) in [6, 6.07) is 0. The molecule has 0 saturated heterocycles. The standard InChI is InChI=1S/C11H15N5O3/c1-16-8(4-2-5(17)10(19)9(4)18)6-7(15-16)11(12)14-3-13-6/h3-5,9-10,17-19H,2H2,1H3,(H2,12,13,14)/t4-,5-,9-,10+/m0/s1. The summed E-state index contributed by atoms with van der Waals surface area (Å²) < 4.78 is 1.56. The molecule has 1 saturated carbocycles. The number of nitrogens with two attached hydrogens (primary N) is 1. The van der Waals surface area contributed by atoms with Crippen LogP contribution in [0.4, 0.5) is 5.82 Å². The van der Waals surface area contributed by atoms with Crippen molar-refractivity contribution < 1.29 is 15.3 Å². The molecule has 8 nitrogen and oxygen atoms in total. The minimum atomic E-state index is -1.16. The summed E-state index contributed by atoms with van der Waals surface area (Å²) in [6.07, 6.45) is -1.58. The highest BCUT2D eigenvalue weighted by Gasteiger charge is 2.43. The Hall–Kier alpha value is -1.77. The van der Waals surface area contributed by atoms with Gasteiger partial charge in [-0.15, -0.1) is 0 Å². The second-order valence-electron chi connectivity index (χ2n) is 4.86. The minimum absolute atomic E-state index is 0.251. The predicted octanol–water partition coefficient (Wildman–Crippen LogP) is -1.48. The Morgan fingerprint density at radius 1 is 1.21 bits per heavy atom. The van der Waals surface area contributed by atoms with Gasteiger partial charge in [-0.3, -0.25) is 4.68 Å². The molecule has 19 heavy (non-hydrogen) atoms. The third-order valence-electron chi connectivity index (χ3n) is 3.69. The number of hydrogen-bond donors (Lipinski definition) is 4. The van der Waals surface area contributed by atoms with Crippen molar-refractivity contribution in [3.63, 3.8) is 0 Å². The lowest BCUT2D eigenvalue weighted by Gasteiger charge is -2.16. The Morgan fingerprint density at radius 3 is 2.58 bits per heavy atom. The average molecular weight is 265 g/mol. The smallest absolute Gasteiger partial charge is 0.155 e. The van der Waals surface area contributed by atoms with Crippen molar-refractivity contribution >= 4 is 16.9 Å². The maximum Gasteiger partial charge on any atom is 0.155 e. The van der Waals surface area contributed by atoms with E-state index in [1.165, 1.54) is 6.33 Å². The van der Waals surface area contributed by atoms with Crippen LogP contribution in [-0.2, 0) is 7.05 Å². The van der Waals surface area contributed by atoms with E-state index in [2.05, 4.69) is 15.1 Å². The maximum atomic E-state index is 10.0. The van der Waals surface area contributed by atoms with Crippen molar-refractivity contribution in [1.82, 2.24) is 19.7 Å². The van der Waals surface area contributed by atoms with Gasteiger partial charge in [0.25, 0.3) is 0 Å². The van der Waals surface area contributed by atoms with Crippen molar-refractivity contribution in [3.05, 3.63) is 12.0 Å². The van der Waals surface area contributed by atoms with Gasteiger partial charge in [-0.25, -0.2) is 9.97 Å². The van der Waals surface area contributed by atoms with Crippen LogP contribution in [0.3, 0.4) is 0 Å². The fourth-order valence-electron chi connectivity index (χ4n) is 2.73. The summed E-state index contributed by atoms with van der Waals surface area (Å²) in [5.74, 6) is -0.172. The predicted molar refractivity (Wildman–Crippen MR) is 66.1 cm³/mol. The van der Waals surface area contributed by atoms with E-state index in [-0.39, 0.29) is 12.2 Å². The number of aromatic nitrogens is 4. The van der Waals surface area contributed by atoms with E-state index in [1.807, 2.05) is 0 Å². The fourth-order valence-corrected chi connectivity index (χ4v) is 2.73. The van der Waals surface area contributed by atoms with Crippen LogP contribution in [0.2, 0.25) is 0 Å². The minimum Gasteiger partial charge on any atom is -0.390 e. The Balaban J connectivity index is 2.16. The molecular weight excluding hydrogens is 250 g/mol. The lowest BCUT2D eigenvalue weighted by molar-refractivity contribution is -0.0211. The largest absolute Gasteiger partial charge is 0.390 e. The Morgan fingerprint density at radius 2 is 1.95 bits per heavy atom. The quantitative estimate of drug-likeness (QED) is 0.494. The zero-order valence-corrected chi connectivity index (χ0v) is 10.3. The number of nitrogen functional groups attached to an aromatic ring is 1. The second-order valence-corrected chi connectivity index (χ2v) is 4.86. The van der Waals surface area contributed by atoms with Gasteiger partial charge in [0.1, 0.15) is 17.9 Å². The molecule has 0 bridgehead atoms. The van der Waals surface area contributed by atoms with E-state index in [0.29, 0.717) is 16.7 Å². The maximum absolute atomic E-state index is 10.0. The van der Waals surface area contributed by atoms with Crippen molar-refractivity contribution in [3.8, 4) is 0 Å². The van der Waals surface area contributed by atoms with E-state index >= 15 is 0 Å². The van der Waals surface area contributed by atoms with Crippen LogP contribution < -0.4 is 5.73 Å². The molecule has 5 N–H and O–H groups in total. The SMILES string of the molecule is Cn1nc2c(N)ncnc2c1[C@@H]1C[C@H](O)[C@@H](O)[C@H]1O. The number of nitrogens with zero attached hydrogens (tertiary/aromatic N) is 4. The first-order valence-electron chi connectivity index (χ1n) is 5.98. The molecule has 0 aliphatic heterocycles. The normalized spacial score (nSPS) is 31.2. The van der Waals surface area contributed by atoms with Gasteiger partial charge >= 0.3 is 0 Å². The lowest BCUT2D eigenvalue weighted by Crippen LogP contribution is -2.30. The van der Waals surface area contributed by atoms with Crippen molar-refractivity contribution in [1.29, 1.82) is 0 Å². The van der Waals surface area contributed by atoms with Gasteiger partial charge in [0.2, 0.25) is 0 Å². The van der Waals surface area contributed by atoms with Crippen LogP contribution in [0.25, 0.3) is 11.0 Å². The van der Waals surface area contributed by atoms with Crippen LogP contribution in [0.1, 0.15) is 18.0 Å². The highest BCUT2D eigenvalue weighted by Crippen LogP contribution is 2.38. The monoisotopic (exact) mass is 265 g/mol. The van der Waals surface area contributed by atoms with Crippen molar-refractivity contribution in [2.24, 2.45) is 7.05 Å². The molecule has 3 rings (SSSR count). The van der Waals surface area contributed by atoms with Gasteiger partial charge in [-0.05, 0) is 6.42 Å². The van der Waals surface area contributed by atoms with Crippen LogP contribution in [0.15, 0.2) is 6.33 Å². The number of aliphatic hydroxyl groups excluding tert-OH is 3. The van der Waals surface area contributed by atoms with E-state index in [0.717, 1.165) is 0 Å². The third kappa shape index (κ3) is 1.68. The first kappa shape index (κ1) is 12.3. The highest BCUT2D eigenvalue weighted by molar-refractivity contribution is 5.86. The topological polar surface area (TPSA) is 130 Å². The van der Waals surface area contributed by atoms with Crippen LogP contribution >= 0.6 is 0 Å². The summed E-state index contributed by atoms with van der Waals surface area (Å²) in [6.45, 7) is 0. The molecule has 0 radical (unpaired) electrons. The van der Waals surface area contributed by atoms with Gasteiger partial charge in [0.05, 0.1) is 17.9 Å². The van der Waals surface area contributed by atoms with E-state index in [4.69, 9.17) is 5.73 Å². The lowest BCUT2D eigenvalue weighted by atomic mass is 10.00. The summed E-state index contributed by atoms with van der Waals surface area (Å²) in [5, 5.41) is 33.6. The third-order valence-corrected chi connectivity index (χ3v) is 3.69. The summed E-state index contributed by atoms with van der Waals surface area (Å²) in [7, 11) is 1.71. The number of hydrogen-bond acceptors (Lipinski definition) is 7. The zero-order chi connectivity index (χ0) is 13.7. The van der Waals surface area contributed by atoms with Crippen LogP contribution in [0.5, 0.6) is 0 Å². The number of rotatable bonds is 1. The zero-order valence-electron chi connectivity index (χ0n) is 10.3. The molecule has 0 spiro atoms. The van der Waals surface area contributed by atoms with Crippen molar-refractivity contribution in [2.45, 2.75) is 30.7 Å². The van der Waals surface area contributed by atoms with Crippen LogP contribution in [-0.4, -0.2) is 53.4 Å². The number of aliphatic hydroxyl groups is 3. The molecule has 1 aliphatic carbocycles. The van der Waals surface area contributed by atoms with Gasteiger partial charge in [-0.2, -0.15) is 5.10 Å². The van der Waals surface area contributed by atoms with Gasteiger partial charge in [-0.1, -0.05) is 0 Å². The van der Waals surface area contributed by atoms with Crippen molar-refractivity contribution in [2.75, 3.05) is 5.73 Å². The summed E-state index contributed by atoms with van der Waals surface area (Å²) in [4.78, 5) is 8.01. The second kappa shape index (κ2) is 4.12. The van der Waals surface area contributed by atoms with E-state index in [9.17, 15) is 15.3 Å². The molecule has 8 heteroatoms. The molecule has 0 aromatic carbocycles. The first-order chi connectivity index (χ1) is 9.00. The van der Waals surface area contributed by atoms with Gasteiger partial charge < -0.3 is 21.1 Å². The number of fused-ring (bicyclic) bond motifs is 1. The molecule has 1 fully saturated rings. The Labute approximate surface area is 108 Å². The molecular formula is C11H15N5O3. The van der Waals surface area contributed by atoms with Gasteiger partial charge in [0, 0.05) is 13.0 Å². The average Bonchev–Trinajstić information content (AvgIpc) is 2.83. The Bertz CT molecular complexity index is 628. The van der Waals surface area contributed by atoms with E-state index < -0.39 is 24.2 Å². The first-order valence-corrected chi connectivity index (χ1v) is 5.98. The van der Waals surface area contributed by atoms with Crippen LogP contribution in [0, 0.1) is 0 Å². The molecule has 102 valence electrons. The molecule has 2 heterocycles. The molecule has 2 aromatic rings. The molecule has 0 amide bonds. The fraction of sp³-hybridized carbons (Fsp3) is 0.545. The number of aryl methyl sites for hydroxylation is 1.